The van der Waals surface area contributed by atoms with Crippen LogP contribution in [-0.2, 0) is 11.3 Å². The predicted molar refractivity (Wildman–Crippen MR) is 79.1 cm³/mol. The first-order chi connectivity index (χ1) is 9.78. The van der Waals surface area contributed by atoms with Crippen molar-refractivity contribution in [2.75, 3.05) is 47.0 Å². The number of fused-ring (bicyclic) bond motifs is 1. The van der Waals surface area contributed by atoms with E-state index >= 15 is 0 Å². The molecule has 110 valence electrons. The van der Waals surface area contributed by atoms with Crippen molar-refractivity contribution in [2.45, 2.75) is 19.0 Å². The number of ether oxygens (including phenoxy) is 2. The Morgan fingerprint density at radius 2 is 2.00 bits per heavy atom. The SMILES string of the molecule is COc1ccc2c(c1)CN(C)CCC2N1CCOCC1. The molecule has 0 bridgehead atoms. The van der Waals surface area contributed by atoms with Gasteiger partial charge in [0.25, 0.3) is 0 Å². The molecule has 2 heterocycles. The third-order valence-electron chi connectivity index (χ3n) is 4.42. The van der Waals surface area contributed by atoms with E-state index in [9.17, 15) is 0 Å². The van der Waals surface area contributed by atoms with Gasteiger partial charge >= 0.3 is 0 Å². The minimum Gasteiger partial charge on any atom is -0.497 e. The average Bonchev–Trinajstić information content (AvgIpc) is 2.65. The molecule has 1 unspecified atom stereocenters. The summed E-state index contributed by atoms with van der Waals surface area (Å²) in [6.07, 6.45) is 1.19. The normalized spacial score (nSPS) is 25.0. The van der Waals surface area contributed by atoms with Gasteiger partial charge in [-0.2, -0.15) is 0 Å². The van der Waals surface area contributed by atoms with Gasteiger partial charge < -0.3 is 14.4 Å². The van der Waals surface area contributed by atoms with E-state index in [4.69, 9.17) is 9.47 Å². The van der Waals surface area contributed by atoms with Gasteiger partial charge in [-0.3, -0.25) is 4.90 Å². The molecule has 0 radical (unpaired) electrons. The Balaban J connectivity index is 1.92. The summed E-state index contributed by atoms with van der Waals surface area (Å²) >= 11 is 0. The first kappa shape index (κ1) is 13.9. The Hall–Kier alpha value is -1.10. The summed E-state index contributed by atoms with van der Waals surface area (Å²) in [4.78, 5) is 4.98. The van der Waals surface area contributed by atoms with E-state index in [-0.39, 0.29) is 0 Å². The highest BCUT2D eigenvalue weighted by Gasteiger charge is 2.27. The monoisotopic (exact) mass is 276 g/mol. The van der Waals surface area contributed by atoms with Crippen LogP contribution in [0.3, 0.4) is 0 Å². The lowest BCUT2D eigenvalue weighted by molar-refractivity contribution is 0.0136. The molecule has 1 aromatic carbocycles. The van der Waals surface area contributed by atoms with Crippen LogP contribution in [0.25, 0.3) is 0 Å². The second-order valence-electron chi connectivity index (χ2n) is 5.76. The van der Waals surface area contributed by atoms with Crippen LogP contribution >= 0.6 is 0 Å². The molecule has 0 saturated carbocycles. The van der Waals surface area contributed by atoms with Gasteiger partial charge in [-0.1, -0.05) is 6.07 Å². The van der Waals surface area contributed by atoms with Gasteiger partial charge in [-0.25, -0.2) is 0 Å². The van der Waals surface area contributed by atoms with Gasteiger partial charge in [0.15, 0.2) is 0 Å². The third-order valence-corrected chi connectivity index (χ3v) is 4.42. The van der Waals surface area contributed by atoms with Crippen molar-refractivity contribution in [1.82, 2.24) is 9.80 Å². The zero-order valence-corrected chi connectivity index (χ0v) is 12.5. The second-order valence-corrected chi connectivity index (χ2v) is 5.76. The van der Waals surface area contributed by atoms with E-state index in [1.54, 1.807) is 7.11 Å². The van der Waals surface area contributed by atoms with Crippen LogP contribution in [0, 0.1) is 0 Å². The number of hydrogen-bond acceptors (Lipinski definition) is 4. The molecule has 0 N–H and O–H groups in total. The van der Waals surface area contributed by atoms with Crippen molar-refractivity contribution in [3.63, 3.8) is 0 Å². The summed E-state index contributed by atoms with van der Waals surface area (Å²) in [6.45, 7) is 5.95. The summed E-state index contributed by atoms with van der Waals surface area (Å²) in [5, 5.41) is 0. The summed E-state index contributed by atoms with van der Waals surface area (Å²) in [5.41, 5.74) is 2.87. The summed E-state index contributed by atoms with van der Waals surface area (Å²) in [6, 6.07) is 7.07. The number of morpholine rings is 1. The fraction of sp³-hybridized carbons (Fsp3) is 0.625. The number of nitrogens with zero attached hydrogens (tertiary/aromatic N) is 2. The molecular weight excluding hydrogens is 252 g/mol. The maximum atomic E-state index is 5.50. The Kier molecular flexibility index (Phi) is 4.24. The Morgan fingerprint density at radius 3 is 2.75 bits per heavy atom. The van der Waals surface area contributed by atoms with Crippen molar-refractivity contribution in [3.05, 3.63) is 29.3 Å². The largest absolute Gasteiger partial charge is 0.497 e. The molecule has 0 aliphatic carbocycles. The molecule has 4 nitrogen and oxygen atoms in total. The van der Waals surface area contributed by atoms with E-state index in [1.165, 1.54) is 17.5 Å². The number of benzene rings is 1. The smallest absolute Gasteiger partial charge is 0.119 e. The van der Waals surface area contributed by atoms with E-state index in [1.807, 2.05) is 0 Å². The highest BCUT2D eigenvalue weighted by molar-refractivity contribution is 5.38. The summed E-state index contributed by atoms with van der Waals surface area (Å²) < 4.78 is 10.9. The van der Waals surface area contributed by atoms with Crippen molar-refractivity contribution < 1.29 is 9.47 Å². The van der Waals surface area contributed by atoms with Crippen molar-refractivity contribution >= 4 is 0 Å². The summed E-state index contributed by atoms with van der Waals surface area (Å²) in [7, 11) is 3.94. The molecule has 0 amide bonds. The lowest BCUT2D eigenvalue weighted by Gasteiger charge is -2.35. The minimum atomic E-state index is 0.518. The van der Waals surface area contributed by atoms with Crippen LogP contribution in [0.4, 0.5) is 0 Å². The number of hydrogen-bond donors (Lipinski definition) is 0. The second kappa shape index (κ2) is 6.12. The quantitative estimate of drug-likeness (QED) is 0.824. The van der Waals surface area contributed by atoms with Crippen molar-refractivity contribution in [3.8, 4) is 5.75 Å². The van der Waals surface area contributed by atoms with Gasteiger partial charge in [0.2, 0.25) is 0 Å². The van der Waals surface area contributed by atoms with Gasteiger partial charge in [0, 0.05) is 25.7 Å². The molecule has 1 aromatic rings. The number of methoxy groups -OCH3 is 1. The van der Waals surface area contributed by atoms with E-state index < -0.39 is 0 Å². The van der Waals surface area contributed by atoms with E-state index in [0.717, 1.165) is 45.1 Å². The first-order valence-electron chi connectivity index (χ1n) is 7.45. The summed E-state index contributed by atoms with van der Waals surface area (Å²) in [5.74, 6) is 0.958. The highest BCUT2D eigenvalue weighted by atomic mass is 16.5. The molecule has 2 aliphatic rings. The van der Waals surface area contributed by atoms with Gasteiger partial charge in [0.1, 0.15) is 5.75 Å². The van der Waals surface area contributed by atoms with E-state index in [0.29, 0.717) is 6.04 Å². The fourth-order valence-electron chi connectivity index (χ4n) is 3.31. The third kappa shape index (κ3) is 2.82. The van der Waals surface area contributed by atoms with Crippen LogP contribution in [0.5, 0.6) is 5.75 Å². The fourth-order valence-corrected chi connectivity index (χ4v) is 3.31. The van der Waals surface area contributed by atoms with Crippen molar-refractivity contribution in [2.24, 2.45) is 0 Å². The zero-order valence-electron chi connectivity index (χ0n) is 12.5. The lowest BCUT2D eigenvalue weighted by atomic mass is 9.97. The molecule has 3 rings (SSSR count). The van der Waals surface area contributed by atoms with E-state index in [2.05, 4.69) is 35.0 Å². The maximum absolute atomic E-state index is 5.50. The first-order valence-corrected chi connectivity index (χ1v) is 7.45. The molecule has 1 fully saturated rings. The van der Waals surface area contributed by atoms with Crippen LogP contribution in [0.2, 0.25) is 0 Å². The Morgan fingerprint density at radius 1 is 1.20 bits per heavy atom. The highest BCUT2D eigenvalue weighted by Crippen LogP contribution is 2.33. The Bertz CT molecular complexity index is 458. The lowest BCUT2D eigenvalue weighted by Crippen LogP contribution is -2.39. The number of rotatable bonds is 2. The van der Waals surface area contributed by atoms with Crippen LogP contribution in [-0.4, -0.2) is 56.8 Å². The Labute approximate surface area is 121 Å². The van der Waals surface area contributed by atoms with Crippen LogP contribution in [0.1, 0.15) is 23.6 Å². The van der Waals surface area contributed by atoms with Crippen LogP contribution in [0.15, 0.2) is 18.2 Å². The van der Waals surface area contributed by atoms with Crippen LogP contribution < -0.4 is 4.74 Å². The molecule has 0 spiro atoms. The van der Waals surface area contributed by atoms with Gasteiger partial charge in [0.05, 0.1) is 20.3 Å². The standard InChI is InChI=1S/C16H24N2O2/c1-17-6-5-16(18-7-9-20-10-8-18)15-4-3-14(19-2)11-13(15)12-17/h3-4,11,16H,5-10,12H2,1-2H3. The molecule has 0 aromatic heterocycles. The minimum absolute atomic E-state index is 0.518. The maximum Gasteiger partial charge on any atom is 0.119 e. The molecule has 2 aliphatic heterocycles. The molecule has 20 heavy (non-hydrogen) atoms. The van der Waals surface area contributed by atoms with Crippen molar-refractivity contribution in [1.29, 1.82) is 0 Å². The average molecular weight is 276 g/mol. The predicted octanol–water partition coefficient (Wildman–Crippen LogP) is 1.90. The van der Waals surface area contributed by atoms with Gasteiger partial charge in [-0.15, -0.1) is 0 Å². The molecular formula is C16H24N2O2. The molecule has 4 heteroatoms. The van der Waals surface area contributed by atoms with Gasteiger partial charge in [-0.05, 0) is 43.3 Å². The molecule has 1 atom stereocenters. The zero-order chi connectivity index (χ0) is 13.9. The topological polar surface area (TPSA) is 24.9 Å². The molecule has 1 saturated heterocycles.